The van der Waals surface area contributed by atoms with Crippen molar-refractivity contribution in [3.63, 3.8) is 0 Å². The van der Waals surface area contributed by atoms with Gasteiger partial charge in [0.15, 0.2) is 5.75 Å². The van der Waals surface area contributed by atoms with Gasteiger partial charge in [-0.2, -0.15) is 0 Å². The van der Waals surface area contributed by atoms with Crippen molar-refractivity contribution in [3.8, 4) is 22.8 Å². The van der Waals surface area contributed by atoms with Gasteiger partial charge < -0.3 is 29.8 Å². The van der Waals surface area contributed by atoms with E-state index >= 15 is 0 Å². The summed E-state index contributed by atoms with van der Waals surface area (Å²) in [7, 11) is 3.88. The summed E-state index contributed by atoms with van der Waals surface area (Å²) in [6.45, 7) is 0.718. The zero-order valence-corrected chi connectivity index (χ0v) is 15.4. The van der Waals surface area contributed by atoms with Crippen molar-refractivity contribution < 1.29 is 19.7 Å². The average molecular weight is 381 g/mol. The summed E-state index contributed by atoms with van der Waals surface area (Å²) >= 11 is 0. The Morgan fingerprint density at radius 3 is 2.86 bits per heavy atom. The smallest absolute Gasteiger partial charge is 0.504 e. The summed E-state index contributed by atoms with van der Waals surface area (Å²) in [5.74, 6) is -1.07. The van der Waals surface area contributed by atoms with Gasteiger partial charge in [0.25, 0.3) is 5.56 Å². The second-order valence-electron chi connectivity index (χ2n) is 6.68. The second kappa shape index (κ2) is 6.58. The number of benzene rings is 1. The highest BCUT2D eigenvalue weighted by Gasteiger charge is 2.23. The van der Waals surface area contributed by atoms with Crippen LogP contribution in [0.3, 0.4) is 0 Å². The van der Waals surface area contributed by atoms with Gasteiger partial charge in [0.2, 0.25) is 5.75 Å². The van der Waals surface area contributed by atoms with E-state index in [2.05, 4.69) is 25.7 Å². The van der Waals surface area contributed by atoms with Crippen LogP contribution in [0.15, 0.2) is 29.1 Å². The molecule has 0 amide bonds. The zero-order valence-electron chi connectivity index (χ0n) is 15.4. The van der Waals surface area contributed by atoms with Gasteiger partial charge in [0.05, 0.1) is 5.69 Å². The topological polar surface area (TPSA) is 117 Å². The van der Waals surface area contributed by atoms with Crippen molar-refractivity contribution in [2.75, 3.05) is 7.05 Å². The maximum atomic E-state index is 12.3. The Hall–Kier alpha value is -3.52. The number of hydrogen-bond acceptors (Lipinski definition) is 5. The predicted octanol–water partition coefficient (Wildman–Crippen LogP) is 2.58. The molecule has 4 rings (SSSR count). The lowest BCUT2D eigenvalue weighted by Gasteiger charge is -2.13. The van der Waals surface area contributed by atoms with Crippen LogP contribution in [0.4, 0.5) is 4.79 Å². The number of nitrogens with one attached hydrogen (secondary N) is 2. The third kappa shape index (κ3) is 2.74. The minimum Gasteiger partial charge on any atom is -0.504 e. The Kier molecular flexibility index (Phi) is 4.20. The van der Waals surface area contributed by atoms with E-state index in [9.17, 15) is 14.7 Å². The largest absolute Gasteiger partial charge is 0.511 e. The summed E-state index contributed by atoms with van der Waals surface area (Å²) in [6.07, 6.45) is 2.45. The number of rotatable bonds is 3. The van der Waals surface area contributed by atoms with Crippen LogP contribution in [0.1, 0.15) is 16.8 Å². The Bertz CT molecular complexity index is 1200. The number of carbonyl (C=O) groups is 1. The number of ether oxygens (including phenoxy) is 1. The number of aromatic nitrogens is 2. The summed E-state index contributed by atoms with van der Waals surface area (Å²) < 4.78 is 6.58. The number of hydrogen-bond donors (Lipinski definition) is 4. The van der Waals surface area contributed by atoms with Crippen molar-refractivity contribution in [2.45, 2.75) is 13.0 Å². The molecular formula is C20H19N3O5. The molecule has 0 bridgehead atoms. The van der Waals surface area contributed by atoms with Crippen molar-refractivity contribution in [1.29, 1.82) is 0 Å². The first-order valence-corrected chi connectivity index (χ1v) is 8.73. The molecule has 8 nitrogen and oxygen atoms in total. The van der Waals surface area contributed by atoms with E-state index in [1.165, 1.54) is 0 Å². The molecule has 28 heavy (non-hydrogen) atoms. The lowest BCUT2D eigenvalue weighted by Crippen LogP contribution is -2.17. The van der Waals surface area contributed by atoms with Gasteiger partial charge in [-0.15, -0.1) is 0 Å². The second-order valence-corrected chi connectivity index (χ2v) is 6.68. The van der Waals surface area contributed by atoms with Crippen LogP contribution in [0.2, 0.25) is 0 Å². The first kappa shape index (κ1) is 17.9. The fraction of sp³-hybridized carbons (Fsp3) is 0.200. The number of pyridine rings is 1. The maximum Gasteiger partial charge on any atom is 0.511 e. The standard InChI is InChI=1S/C20H19N3O5/c1-21-9-12-6-11-7-14-10(8-15(11)23(12)2)4-3-5-13-16(14)22-19(25)18(17(13)24)28-20(26)27/h3-4,6-8,21H,5,9H2,1-2H3,(H,26,27)(H2,22,24,25). The van der Waals surface area contributed by atoms with Crippen LogP contribution in [0.5, 0.6) is 11.5 Å². The Labute approximate surface area is 159 Å². The third-order valence-electron chi connectivity index (χ3n) is 5.00. The van der Waals surface area contributed by atoms with Crippen LogP contribution in [-0.4, -0.2) is 33.0 Å². The normalized spacial score (nSPS) is 12.5. The molecule has 8 heteroatoms. The van der Waals surface area contributed by atoms with E-state index < -0.39 is 23.2 Å². The monoisotopic (exact) mass is 381 g/mol. The van der Waals surface area contributed by atoms with Gasteiger partial charge in [0, 0.05) is 41.3 Å². The van der Waals surface area contributed by atoms with Crippen molar-refractivity contribution in [3.05, 3.63) is 51.4 Å². The zero-order chi connectivity index (χ0) is 20.0. The number of H-pyrrole nitrogens is 1. The molecule has 1 aromatic carbocycles. The number of aromatic amines is 1. The van der Waals surface area contributed by atoms with Crippen LogP contribution in [0, 0.1) is 0 Å². The summed E-state index contributed by atoms with van der Waals surface area (Å²) in [5, 5.41) is 23.4. The minimum absolute atomic E-state index is 0.323. The molecule has 2 aromatic heterocycles. The predicted molar refractivity (Wildman–Crippen MR) is 105 cm³/mol. The van der Waals surface area contributed by atoms with Gasteiger partial charge in [-0.25, -0.2) is 4.79 Å². The molecule has 0 radical (unpaired) electrons. The molecule has 0 atom stereocenters. The fourth-order valence-electron chi connectivity index (χ4n) is 3.69. The molecule has 0 spiro atoms. The number of aryl methyl sites for hydroxylation is 1. The number of carboxylic acid groups (broad SMARTS) is 1. The molecule has 2 heterocycles. The third-order valence-corrected chi connectivity index (χ3v) is 5.00. The average Bonchev–Trinajstić information content (AvgIpc) is 2.83. The van der Waals surface area contributed by atoms with Crippen LogP contribution >= 0.6 is 0 Å². The quantitative estimate of drug-likeness (QED) is 0.518. The molecule has 144 valence electrons. The lowest BCUT2D eigenvalue weighted by molar-refractivity contribution is 0.142. The number of fused-ring (bicyclic) bond motifs is 4. The van der Waals surface area contributed by atoms with Gasteiger partial charge in [-0.1, -0.05) is 12.2 Å². The first-order valence-electron chi connectivity index (χ1n) is 8.73. The molecular weight excluding hydrogens is 362 g/mol. The van der Waals surface area contributed by atoms with Crippen LogP contribution in [0.25, 0.3) is 28.2 Å². The van der Waals surface area contributed by atoms with E-state index in [0.29, 0.717) is 17.7 Å². The Balaban J connectivity index is 1.97. The highest BCUT2D eigenvalue weighted by molar-refractivity contribution is 5.92. The van der Waals surface area contributed by atoms with Crippen LogP contribution < -0.4 is 15.6 Å². The molecule has 0 aliphatic heterocycles. The van der Waals surface area contributed by atoms with E-state index in [1.54, 1.807) is 0 Å². The SMILES string of the molecule is CNCc1cc2cc3c(cc2n1C)C=CCc1c-3[nH]c(=O)c(OC(=O)O)c1O. The highest BCUT2D eigenvalue weighted by atomic mass is 16.7. The first-order chi connectivity index (χ1) is 13.4. The van der Waals surface area contributed by atoms with E-state index in [1.807, 2.05) is 38.4 Å². The van der Waals surface area contributed by atoms with Gasteiger partial charge in [0.1, 0.15) is 0 Å². The van der Waals surface area contributed by atoms with E-state index in [4.69, 9.17) is 5.11 Å². The maximum absolute atomic E-state index is 12.3. The Morgan fingerprint density at radius 1 is 1.36 bits per heavy atom. The molecule has 4 N–H and O–H groups in total. The number of allylic oxidation sites excluding steroid dienone is 1. The molecule has 1 aliphatic carbocycles. The van der Waals surface area contributed by atoms with Gasteiger partial charge in [-0.3, -0.25) is 4.79 Å². The van der Waals surface area contributed by atoms with Gasteiger partial charge >= 0.3 is 6.16 Å². The summed E-state index contributed by atoms with van der Waals surface area (Å²) in [4.78, 5) is 25.9. The summed E-state index contributed by atoms with van der Waals surface area (Å²) in [6, 6.07) is 6.07. The molecule has 1 aliphatic rings. The van der Waals surface area contributed by atoms with Crippen LogP contribution in [-0.2, 0) is 20.0 Å². The molecule has 0 unspecified atom stereocenters. The molecule has 0 saturated carbocycles. The van der Waals surface area contributed by atoms with Gasteiger partial charge in [-0.05, 0) is 37.2 Å². The molecule has 0 fully saturated rings. The Morgan fingerprint density at radius 2 is 2.14 bits per heavy atom. The van der Waals surface area contributed by atoms with Crippen molar-refractivity contribution >= 4 is 23.1 Å². The minimum atomic E-state index is -1.66. The number of aromatic hydroxyl groups is 1. The van der Waals surface area contributed by atoms with Crippen molar-refractivity contribution in [2.24, 2.45) is 7.05 Å². The van der Waals surface area contributed by atoms with E-state index in [-0.39, 0.29) is 0 Å². The molecule has 3 aromatic rings. The lowest BCUT2D eigenvalue weighted by atomic mass is 9.99. The highest BCUT2D eigenvalue weighted by Crippen LogP contribution is 2.39. The number of nitrogens with zero attached hydrogens (tertiary/aromatic N) is 1. The fourth-order valence-corrected chi connectivity index (χ4v) is 3.69. The molecule has 0 saturated heterocycles. The van der Waals surface area contributed by atoms with E-state index in [0.717, 1.165) is 34.3 Å². The summed E-state index contributed by atoms with van der Waals surface area (Å²) in [5.41, 5.74) is 3.89. The van der Waals surface area contributed by atoms with Crippen molar-refractivity contribution in [1.82, 2.24) is 14.9 Å².